The van der Waals surface area contributed by atoms with Crippen molar-refractivity contribution < 1.29 is 28.7 Å². The molecule has 2 aliphatic carbocycles. The van der Waals surface area contributed by atoms with Crippen molar-refractivity contribution in [2.45, 2.75) is 91.0 Å². The molecule has 172 valence electrons. The number of hydrogen-bond acceptors (Lipinski definition) is 7. The molecule has 0 aromatic rings. The lowest BCUT2D eigenvalue weighted by atomic mass is 9.92. The summed E-state index contributed by atoms with van der Waals surface area (Å²) in [6.07, 6.45) is 9.19. The average molecular weight is 426 g/mol. The molecule has 2 N–H and O–H groups in total. The van der Waals surface area contributed by atoms with Gasteiger partial charge >= 0.3 is 11.9 Å². The smallest absolute Gasteiger partial charge is 0.374 e. The van der Waals surface area contributed by atoms with E-state index in [-0.39, 0.29) is 31.5 Å². The normalized spacial score (nSPS) is 25.2. The third-order valence-corrected chi connectivity index (χ3v) is 6.25. The zero-order valence-corrected chi connectivity index (χ0v) is 18.8. The third kappa shape index (κ3) is 9.37. The minimum atomic E-state index is -0.705. The fourth-order valence-electron chi connectivity index (χ4n) is 4.34. The monoisotopic (exact) mass is 425 g/mol. The summed E-state index contributed by atoms with van der Waals surface area (Å²) in [4.78, 5) is 44.7. The van der Waals surface area contributed by atoms with Crippen LogP contribution in [-0.4, -0.2) is 42.8 Å². The number of rotatable bonds is 10. The van der Waals surface area contributed by atoms with Crippen molar-refractivity contribution in [1.29, 1.82) is 0 Å². The minimum Gasteiger partial charge on any atom is -0.460 e. The predicted molar refractivity (Wildman–Crippen MR) is 114 cm³/mol. The molecule has 7 heteroatoms. The Labute approximate surface area is 180 Å². The van der Waals surface area contributed by atoms with E-state index in [0.29, 0.717) is 24.2 Å². The molecule has 4 unspecified atom stereocenters. The van der Waals surface area contributed by atoms with Crippen LogP contribution >= 0.6 is 0 Å². The Morgan fingerprint density at radius 1 is 0.767 bits per heavy atom. The number of Topliss-reactive ketones (excluding diaryl/α,β-unsaturated/α-hetero) is 2. The van der Waals surface area contributed by atoms with Crippen LogP contribution in [0.25, 0.3) is 0 Å². The lowest BCUT2D eigenvalue weighted by Gasteiger charge is -2.13. The fraction of sp³-hybridized carbons (Fsp3) is 0.826. The number of esters is 2. The summed E-state index contributed by atoms with van der Waals surface area (Å²) in [5.41, 5.74) is 5.87. The van der Waals surface area contributed by atoms with Crippen LogP contribution in [-0.2, 0) is 28.7 Å². The van der Waals surface area contributed by atoms with E-state index in [1.54, 1.807) is 13.8 Å². The highest BCUT2D eigenvalue weighted by molar-refractivity contribution is 6.33. The molecule has 0 bridgehead atoms. The van der Waals surface area contributed by atoms with Crippen LogP contribution in [0.2, 0.25) is 0 Å². The molecular formula is C23H39NO6. The Hall–Kier alpha value is -1.76. The Bertz CT molecular complexity index is 526. The molecule has 2 fully saturated rings. The summed E-state index contributed by atoms with van der Waals surface area (Å²) in [6, 6.07) is 0.208. The number of nitrogens with two attached hydrogens (primary N) is 1. The van der Waals surface area contributed by atoms with Gasteiger partial charge in [0.05, 0.1) is 13.2 Å². The third-order valence-electron chi connectivity index (χ3n) is 6.25. The van der Waals surface area contributed by atoms with Crippen LogP contribution in [0.3, 0.4) is 0 Å². The van der Waals surface area contributed by atoms with E-state index in [1.807, 2.05) is 0 Å². The number of ketones is 2. The molecule has 0 spiro atoms. The molecule has 30 heavy (non-hydrogen) atoms. The maximum atomic E-state index is 11.3. The second kappa shape index (κ2) is 14.3. The Morgan fingerprint density at radius 2 is 1.23 bits per heavy atom. The highest BCUT2D eigenvalue weighted by atomic mass is 16.5. The van der Waals surface area contributed by atoms with Gasteiger partial charge in [0.1, 0.15) is 0 Å². The van der Waals surface area contributed by atoms with Gasteiger partial charge in [0.25, 0.3) is 0 Å². The van der Waals surface area contributed by atoms with E-state index in [4.69, 9.17) is 5.73 Å². The predicted octanol–water partition coefficient (Wildman–Crippen LogP) is 3.36. The molecule has 0 aromatic heterocycles. The molecule has 4 atom stereocenters. The van der Waals surface area contributed by atoms with Gasteiger partial charge in [-0.1, -0.05) is 32.6 Å². The highest BCUT2D eigenvalue weighted by Crippen LogP contribution is 2.34. The van der Waals surface area contributed by atoms with Gasteiger partial charge in [-0.2, -0.15) is 0 Å². The van der Waals surface area contributed by atoms with Crippen molar-refractivity contribution in [2.75, 3.05) is 13.2 Å². The molecule has 0 radical (unpaired) electrons. The standard InChI is InChI=1S/C12H20O3.C11H19NO3/c1-3-15-12(14)11(13)8-7-10-6-4-5-9(10)2;1-2-15-11(14)10(13)7-6-8-4-3-5-9(8)12/h9-10H,3-8H2,1-2H3;8-9H,2-7,12H2,1H3. The van der Waals surface area contributed by atoms with Crippen molar-refractivity contribution in [3.63, 3.8) is 0 Å². The van der Waals surface area contributed by atoms with Crippen LogP contribution in [0, 0.1) is 17.8 Å². The first-order chi connectivity index (χ1) is 14.3. The van der Waals surface area contributed by atoms with E-state index >= 15 is 0 Å². The summed E-state index contributed by atoms with van der Waals surface area (Å²) in [7, 11) is 0. The van der Waals surface area contributed by atoms with E-state index in [0.717, 1.165) is 32.1 Å². The molecule has 0 aromatic carbocycles. The van der Waals surface area contributed by atoms with Crippen molar-refractivity contribution in [3.8, 4) is 0 Å². The second-order valence-corrected chi connectivity index (χ2v) is 8.39. The van der Waals surface area contributed by atoms with Gasteiger partial charge in [-0.05, 0) is 57.3 Å². The first-order valence-corrected chi connectivity index (χ1v) is 11.5. The molecule has 2 aliphatic rings. The lowest BCUT2D eigenvalue weighted by Crippen LogP contribution is -2.26. The van der Waals surface area contributed by atoms with Crippen LogP contribution in [0.4, 0.5) is 0 Å². The molecule has 2 saturated carbocycles. The van der Waals surface area contributed by atoms with Crippen LogP contribution in [0.1, 0.15) is 85.0 Å². The van der Waals surface area contributed by atoms with Gasteiger partial charge in [-0.25, -0.2) is 9.59 Å². The Kier molecular flexibility index (Phi) is 12.5. The molecule has 2 rings (SSSR count). The molecular weight excluding hydrogens is 386 g/mol. The zero-order chi connectivity index (χ0) is 22.5. The molecule has 0 aliphatic heterocycles. The zero-order valence-electron chi connectivity index (χ0n) is 18.8. The van der Waals surface area contributed by atoms with Crippen molar-refractivity contribution in [1.82, 2.24) is 0 Å². The van der Waals surface area contributed by atoms with Crippen molar-refractivity contribution in [2.24, 2.45) is 23.5 Å². The number of hydrogen-bond donors (Lipinski definition) is 1. The maximum Gasteiger partial charge on any atom is 0.374 e. The second-order valence-electron chi connectivity index (χ2n) is 8.39. The topological polar surface area (TPSA) is 113 Å². The first-order valence-electron chi connectivity index (χ1n) is 11.5. The highest BCUT2D eigenvalue weighted by Gasteiger charge is 2.26. The van der Waals surface area contributed by atoms with E-state index in [2.05, 4.69) is 16.4 Å². The van der Waals surface area contributed by atoms with Crippen LogP contribution in [0.15, 0.2) is 0 Å². The SMILES string of the molecule is CCOC(=O)C(=O)CCC1CCCC1C.CCOC(=O)C(=O)CCC1CCCC1N. The average Bonchev–Trinajstić information content (AvgIpc) is 3.32. The van der Waals surface area contributed by atoms with E-state index < -0.39 is 17.7 Å². The van der Waals surface area contributed by atoms with Crippen molar-refractivity contribution >= 4 is 23.5 Å². The van der Waals surface area contributed by atoms with Gasteiger partial charge in [0, 0.05) is 18.9 Å². The summed E-state index contributed by atoms with van der Waals surface area (Å²) in [5.74, 6) is -0.411. The molecule has 0 amide bonds. The number of ether oxygens (including phenoxy) is 2. The fourth-order valence-corrected chi connectivity index (χ4v) is 4.34. The summed E-state index contributed by atoms with van der Waals surface area (Å²) in [6.45, 7) is 6.17. The Balaban J connectivity index is 0.000000300. The van der Waals surface area contributed by atoms with Gasteiger partial charge in [-0.3, -0.25) is 9.59 Å². The summed E-state index contributed by atoms with van der Waals surface area (Å²) in [5, 5.41) is 0. The Morgan fingerprint density at radius 3 is 1.63 bits per heavy atom. The van der Waals surface area contributed by atoms with E-state index in [1.165, 1.54) is 19.3 Å². The van der Waals surface area contributed by atoms with Crippen LogP contribution in [0.5, 0.6) is 0 Å². The quantitative estimate of drug-likeness (QED) is 0.422. The molecule has 0 heterocycles. The van der Waals surface area contributed by atoms with Gasteiger partial charge < -0.3 is 15.2 Å². The van der Waals surface area contributed by atoms with Crippen LogP contribution < -0.4 is 5.73 Å². The van der Waals surface area contributed by atoms with Gasteiger partial charge in [-0.15, -0.1) is 0 Å². The summed E-state index contributed by atoms with van der Waals surface area (Å²) >= 11 is 0. The largest absolute Gasteiger partial charge is 0.460 e. The minimum absolute atomic E-state index is 0.208. The first kappa shape index (κ1) is 26.3. The number of carbonyl (C=O) groups is 4. The van der Waals surface area contributed by atoms with Crippen molar-refractivity contribution in [3.05, 3.63) is 0 Å². The molecule has 0 saturated heterocycles. The maximum absolute atomic E-state index is 11.3. The number of carbonyl (C=O) groups excluding carboxylic acids is 4. The molecule has 7 nitrogen and oxygen atoms in total. The van der Waals surface area contributed by atoms with Gasteiger partial charge in [0.2, 0.25) is 11.6 Å². The van der Waals surface area contributed by atoms with E-state index in [9.17, 15) is 19.2 Å². The van der Waals surface area contributed by atoms with Gasteiger partial charge in [0.15, 0.2) is 0 Å². The summed E-state index contributed by atoms with van der Waals surface area (Å²) < 4.78 is 9.28. The lowest BCUT2D eigenvalue weighted by molar-refractivity contribution is -0.153.